The van der Waals surface area contributed by atoms with Crippen molar-refractivity contribution >= 4 is 11.8 Å². The molecule has 20 heavy (non-hydrogen) atoms. The van der Waals surface area contributed by atoms with Crippen LogP contribution in [0.15, 0.2) is 40.3 Å². The molecule has 1 aromatic heterocycles. The van der Waals surface area contributed by atoms with Crippen LogP contribution in [0.3, 0.4) is 0 Å². The first-order chi connectivity index (χ1) is 9.79. The number of thioether (sulfide) groups is 1. The van der Waals surface area contributed by atoms with Crippen LogP contribution in [0.4, 0.5) is 0 Å². The van der Waals surface area contributed by atoms with Crippen LogP contribution in [-0.2, 0) is 0 Å². The molecule has 0 radical (unpaired) electrons. The molecule has 1 atom stereocenters. The first-order valence-electron chi connectivity index (χ1n) is 6.54. The highest BCUT2D eigenvalue weighted by atomic mass is 32.2. The summed E-state index contributed by atoms with van der Waals surface area (Å²) in [5.41, 5.74) is 0.849. The number of H-pyrrole nitrogens is 1. The Morgan fingerprint density at radius 3 is 2.85 bits per heavy atom. The molecule has 1 heterocycles. The summed E-state index contributed by atoms with van der Waals surface area (Å²) in [6.07, 6.45) is 2.07. The number of rotatable bonds is 5. The topological polar surface area (TPSA) is 74.5 Å². The van der Waals surface area contributed by atoms with Crippen LogP contribution in [0.1, 0.15) is 30.4 Å². The summed E-state index contributed by atoms with van der Waals surface area (Å²) in [4.78, 5) is 11.7. The van der Waals surface area contributed by atoms with Crippen molar-refractivity contribution in [2.45, 2.75) is 30.0 Å². The lowest BCUT2D eigenvalue weighted by atomic mass is 10.0. The largest absolute Gasteiger partial charge is 0.344 e. The number of aromatic amines is 1. The molecule has 0 spiro atoms. The summed E-state index contributed by atoms with van der Waals surface area (Å²) < 4.78 is 1.71. The molecular formula is C14H14N4OS. The molecule has 0 aliphatic heterocycles. The predicted octanol–water partition coefficient (Wildman–Crippen LogP) is 2.31. The first-order valence-corrected chi connectivity index (χ1v) is 7.52. The molecule has 1 saturated carbocycles. The van der Waals surface area contributed by atoms with Gasteiger partial charge >= 0.3 is 5.69 Å². The first kappa shape index (κ1) is 13.0. The van der Waals surface area contributed by atoms with Gasteiger partial charge in [0.2, 0.25) is 0 Å². The molecule has 1 N–H and O–H groups in total. The SMILES string of the molecule is N#CC(CSc1n[nH]c(=O)n1C1CC1)c1ccccc1. The van der Waals surface area contributed by atoms with Crippen LogP contribution in [0.5, 0.6) is 0 Å². The molecule has 1 aliphatic rings. The Bertz CT molecular complexity index is 681. The van der Waals surface area contributed by atoms with Gasteiger partial charge in [0.15, 0.2) is 5.16 Å². The second-order valence-electron chi connectivity index (χ2n) is 4.82. The van der Waals surface area contributed by atoms with Crippen molar-refractivity contribution in [3.05, 3.63) is 46.4 Å². The Hall–Kier alpha value is -2.00. The zero-order valence-electron chi connectivity index (χ0n) is 10.8. The van der Waals surface area contributed by atoms with E-state index in [4.69, 9.17) is 0 Å². The standard InChI is InChI=1S/C14H14N4OS/c15-8-11(10-4-2-1-3-5-10)9-20-14-17-16-13(19)18(14)12-6-7-12/h1-5,11-12H,6-7,9H2,(H,16,19). The van der Waals surface area contributed by atoms with Gasteiger partial charge in [-0.15, -0.1) is 5.10 Å². The lowest BCUT2D eigenvalue weighted by Crippen LogP contribution is -2.16. The lowest BCUT2D eigenvalue weighted by molar-refractivity contribution is 0.642. The maximum absolute atomic E-state index is 11.7. The second kappa shape index (κ2) is 5.55. The molecule has 0 saturated heterocycles. The number of aromatic nitrogens is 3. The molecule has 5 nitrogen and oxygen atoms in total. The molecular weight excluding hydrogens is 272 g/mol. The fourth-order valence-electron chi connectivity index (χ4n) is 2.10. The Kier molecular flexibility index (Phi) is 3.61. The lowest BCUT2D eigenvalue weighted by Gasteiger charge is -2.09. The summed E-state index contributed by atoms with van der Waals surface area (Å²) >= 11 is 1.46. The average molecular weight is 286 g/mol. The minimum absolute atomic E-state index is 0.150. The van der Waals surface area contributed by atoms with Gasteiger partial charge < -0.3 is 0 Å². The van der Waals surface area contributed by atoms with Crippen molar-refractivity contribution in [2.75, 3.05) is 5.75 Å². The van der Waals surface area contributed by atoms with Crippen LogP contribution < -0.4 is 5.69 Å². The Balaban J connectivity index is 1.73. The number of hydrogen-bond donors (Lipinski definition) is 1. The molecule has 0 amide bonds. The van der Waals surface area contributed by atoms with E-state index in [0.29, 0.717) is 17.0 Å². The van der Waals surface area contributed by atoms with Gasteiger partial charge in [-0.3, -0.25) is 4.57 Å². The minimum atomic E-state index is -0.194. The third-order valence-corrected chi connectivity index (χ3v) is 4.37. The molecule has 6 heteroatoms. The highest BCUT2D eigenvalue weighted by molar-refractivity contribution is 7.99. The summed E-state index contributed by atoms with van der Waals surface area (Å²) in [5, 5.41) is 16.5. The fraction of sp³-hybridized carbons (Fsp3) is 0.357. The van der Waals surface area contributed by atoms with Crippen molar-refractivity contribution < 1.29 is 0 Å². The molecule has 3 rings (SSSR count). The minimum Gasteiger partial charge on any atom is -0.267 e. The van der Waals surface area contributed by atoms with E-state index in [2.05, 4.69) is 16.3 Å². The second-order valence-corrected chi connectivity index (χ2v) is 5.80. The summed E-state index contributed by atoms with van der Waals surface area (Å²) in [6.45, 7) is 0. The van der Waals surface area contributed by atoms with Crippen molar-refractivity contribution in [1.29, 1.82) is 5.26 Å². The summed E-state index contributed by atoms with van der Waals surface area (Å²) in [6, 6.07) is 12.3. The van der Waals surface area contributed by atoms with E-state index in [1.807, 2.05) is 30.3 Å². The van der Waals surface area contributed by atoms with Crippen molar-refractivity contribution in [1.82, 2.24) is 14.8 Å². The third kappa shape index (κ3) is 2.63. The van der Waals surface area contributed by atoms with Crippen molar-refractivity contribution in [2.24, 2.45) is 0 Å². The van der Waals surface area contributed by atoms with E-state index in [1.165, 1.54) is 11.8 Å². The van der Waals surface area contributed by atoms with Gasteiger partial charge in [0, 0.05) is 11.8 Å². The summed E-state index contributed by atoms with van der Waals surface area (Å²) in [5.74, 6) is 0.401. The van der Waals surface area contributed by atoms with Crippen molar-refractivity contribution in [3.8, 4) is 6.07 Å². The highest BCUT2D eigenvalue weighted by Crippen LogP contribution is 2.36. The zero-order valence-corrected chi connectivity index (χ0v) is 11.6. The van der Waals surface area contributed by atoms with E-state index in [9.17, 15) is 10.1 Å². The number of nitrogens with zero attached hydrogens (tertiary/aromatic N) is 3. The predicted molar refractivity (Wildman–Crippen MR) is 76.6 cm³/mol. The number of nitriles is 1. The maximum Gasteiger partial charge on any atom is 0.344 e. The highest BCUT2D eigenvalue weighted by Gasteiger charge is 2.28. The van der Waals surface area contributed by atoms with Crippen LogP contribution in [0.2, 0.25) is 0 Å². The Labute approximate surface area is 120 Å². The Morgan fingerprint density at radius 1 is 1.45 bits per heavy atom. The van der Waals surface area contributed by atoms with E-state index in [0.717, 1.165) is 18.4 Å². The number of nitrogens with one attached hydrogen (secondary N) is 1. The zero-order chi connectivity index (χ0) is 13.9. The van der Waals surface area contributed by atoms with Gasteiger partial charge in [-0.25, -0.2) is 9.89 Å². The average Bonchev–Trinajstić information content (AvgIpc) is 3.25. The van der Waals surface area contributed by atoms with E-state index in [-0.39, 0.29) is 11.6 Å². The third-order valence-electron chi connectivity index (χ3n) is 3.32. The monoisotopic (exact) mass is 286 g/mol. The normalized spacial score (nSPS) is 15.8. The molecule has 1 aromatic carbocycles. The molecule has 2 aromatic rings. The summed E-state index contributed by atoms with van der Waals surface area (Å²) in [7, 11) is 0. The van der Waals surface area contributed by atoms with E-state index in [1.54, 1.807) is 4.57 Å². The van der Waals surface area contributed by atoms with Gasteiger partial charge in [-0.05, 0) is 18.4 Å². The van der Waals surface area contributed by atoms with E-state index < -0.39 is 0 Å². The molecule has 1 aliphatic carbocycles. The van der Waals surface area contributed by atoms with Gasteiger partial charge in [0.25, 0.3) is 0 Å². The quantitative estimate of drug-likeness (QED) is 0.856. The van der Waals surface area contributed by atoms with Gasteiger partial charge in [-0.1, -0.05) is 42.1 Å². The van der Waals surface area contributed by atoms with Crippen LogP contribution in [0.25, 0.3) is 0 Å². The molecule has 1 fully saturated rings. The number of benzene rings is 1. The van der Waals surface area contributed by atoms with E-state index >= 15 is 0 Å². The molecule has 0 bridgehead atoms. The van der Waals surface area contributed by atoms with Crippen LogP contribution >= 0.6 is 11.8 Å². The van der Waals surface area contributed by atoms with Gasteiger partial charge in [0.05, 0.1) is 12.0 Å². The van der Waals surface area contributed by atoms with Gasteiger partial charge in [0.1, 0.15) is 0 Å². The smallest absolute Gasteiger partial charge is 0.267 e. The van der Waals surface area contributed by atoms with Crippen molar-refractivity contribution in [3.63, 3.8) is 0 Å². The van der Waals surface area contributed by atoms with Gasteiger partial charge in [-0.2, -0.15) is 5.26 Å². The number of hydrogen-bond acceptors (Lipinski definition) is 4. The fourth-order valence-corrected chi connectivity index (χ4v) is 3.16. The molecule has 1 unspecified atom stereocenters. The molecule has 102 valence electrons. The van der Waals surface area contributed by atoms with Crippen LogP contribution in [0, 0.1) is 11.3 Å². The Morgan fingerprint density at radius 2 is 2.20 bits per heavy atom. The van der Waals surface area contributed by atoms with Crippen LogP contribution in [-0.4, -0.2) is 20.5 Å². The maximum atomic E-state index is 11.7.